The molecule has 1 aromatic carbocycles. The van der Waals surface area contributed by atoms with Crippen molar-refractivity contribution in [1.82, 2.24) is 0 Å². The summed E-state index contributed by atoms with van der Waals surface area (Å²) >= 11 is 5.34. The van der Waals surface area contributed by atoms with Gasteiger partial charge in [-0.3, -0.25) is 4.79 Å². The Morgan fingerprint density at radius 2 is 2.18 bits per heavy atom. The molecule has 0 aromatic heterocycles. The minimum absolute atomic E-state index is 0.104. The van der Waals surface area contributed by atoms with E-state index in [1.807, 2.05) is 0 Å². The summed E-state index contributed by atoms with van der Waals surface area (Å²) in [6.07, 6.45) is 0.311. The van der Waals surface area contributed by atoms with Gasteiger partial charge in [0, 0.05) is 0 Å². The first-order valence-corrected chi connectivity index (χ1v) is 3.16. The van der Waals surface area contributed by atoms with Gasteiger partial charge in [-0.1, -0.05) is 11.6 Å². The van der Waals surface area contributed by atoms with Crippen LogP contribution < -0.4 is 0 Å². The first kappa shape index (κ1) is 8.01. The molecule has 2 nitrogen and oxygen atoms in total. The molecule has 1 rings (SSSR count). The standard InChI is InChI=1S/C7H4ClFO2/c8-5-2-6(9)4(3-10)1-7(5)11/h1-3,11H. The van der Waals surface area contributed by atoms with E-state index in [2.05, 4.69) is 0 Å². The molecule has 0 heterocycles. The predicted molar refractivity (Wildman–Crippen MR) is 38.5 cm³/mol. The second-order valence-electron chi connectivity index (χ2n) is 1.94. The minimum Gasteiger partial charge on any atom is -0.506 e. The van der Waals surface area contributed by atoms with Crippen LogP contribution in [-0.4, -0.2) is 11.4 Å². The summed E-state index contributed by atoms with van der Waals surface area (Å²) in [6, 6.07) is 1.87. The van der Waals surface area contributed by atoms with Crippen molar-refractivity contribution in [2.75, 3.05) is 0 Å². The fourth-order valence-electron chi connectivity index (χ4n) is 0.644. The number of aldehydes is 1. The van der Waals surface area contributed by atoms with Crippen LogP contribution in [0.5, 0.6) is 5.75 Å². The maximum Gasteiger partial charge on any atom is 0.153 e. The second kappa shape index (κ2) is 2.88. The number of aromatic hydroxyl groups is 1. The van der Waals surface area contributed by atoms with Crippen molar-refractivity contribution in [3.05, 3.63) is 28.5 Å². The SMILES string of the molecule is O=Cc1cc(O)c(Cl)cc1F. The highest BCUT2D eigenvalue weighted by Gasteiger charge is 2.05. The molecule has 11 heavy (non-hydrogen) atoms. The Morgan fingerprint density at radius 1 is 1.55 bits per heavy atom. The fourth-order valence-corrected chi connectivity index (χ4v) is 0.794. The van der Waals surface area contributed by atoms with Gasteiger partial charge in [0.05, 0.1) is 10.6 Å². The number of phenolic OH excluding ortho intramolecular Hbond substituents is 1. The largest absolute Gasteiger partial charge is 0.506 e. The minimum atomic E-state index is -0.734. The zero-order chi connectivity index (χ0) is 8.43. The third-order valence-electron chi connectivity index (χ3n) is 1.19. The lowest BCUT2D eigenvalue weighted by molar-refractivity contribution is 0.111. The maximum absolute atomic E-state index is 12.6. The summed E-state index contributed by atoms with van der Waals surface area (Å²) in [5.74, 6) is -1.03. The van der Waals surface area contributed by atoms with Gasteiger partial charge in [-0.2, -0.15) is 0 Å². The number of halogens is 2. The molecule has 0 amide bonds. The summed E-state index contributed by atoms with van der Waals surface area (Å²) in [5.41, 5.74) is -0.202. The first-order chi connectivity index (χ1) is 5.15. The molecule has 0 aliphatic heterocycles. The molecule has 1 N–H and O–H groups in total. The Kier molecular flexibility index (Phi) is 2.10. The third kappa shape index (κ3) is 1.49. The van der Waals surface area contributed by atoms with Crippen molar-refractivity contribution in [3.8, 4) is 5.75 Å². The van der Waals surface area contributed by atoms with E-state index in [0.29, 0.717) is 6.29 Å². The van der Waals surface area contributed by atoms with E-state index in [1.54, 1.807) is 0 Å². The van der Waals surface area contributed by atoms with Gasteiger partial charge >= 0.3 is 0 Å². The summed E-state index contributed by atoms with van der Waals surface area (Å²) in [6.45, 7) is 0. The highest BCUT2D eigenvalue weighted by Crippen LogP contribution is 2.25. The summed E-state index contributed by atoms with van der Waals surface area (Å²) < 4.78 is 12.6. The molecule has 0 unspecified atom stereocenters. The number of hydrogen-bond acceptors (Lipinski definition) is 2. The molecule has 0 spiro atoms. The zero-order valence-electron chi connectivity index (χ0n) is 5.34. The molecule has 0 saturated carbocycles. The molecule has 0 bridgehead atoms. The maximum atomic E-state index is 12.6. The quantitative estimate of drug-likeness (QED) is 0.662. The van der Waals surface area contributed by atoms with Gasteiger partial charge < -0.3 is 5.11 Å². The van der Waals surface area contributed by atoms with Crippen molar-refractivity contribution in [3.63, 3.8) is 0 Å². The Balaban J connectivity index is 3.31. The lowest BCUT2D eigenvalue weighted by Crippen LogP contribution is -1.86. The van der Waals surface area contributed by atoms with Gasteiger partial charge in [0.15, 0.2) is 6.29 Å². The van der Waals surface area contributed by atoms with Gasteiger partial charge in [-0.25, -0.2) is 4.39 Å². The number of benzene rings is 1. The van der Waals surface area contributed by atoms with Gasteiger partial charge in [0.1, 0.15) is 11.6 Å². The number of phenols is 1. The van der Waals surface area contributed by atoms with Crippen molar-refractivity contribution in [2.24, 2.45) is 0 Å². The Bertz CT molecular complexity index is 299. The zero-order valence-corrected chi connectivity index (χ0v) is 6.10. The smallest absolute Gasteiger partial charge is 0.153 e. The van der Waals surface area contributed by atoms with Crippen molar-refractivity contribution in [2.45, 2.75) is 0 Å². The number of carbonyl (C=O) groups is 1. The molecule has 0 atom stereocenters. The normalized spacial score (nSPS) is 9.64. The number of hydrogen-bond donors (Lipinski definition) is 1. The summed E-state index contributed by atoms with van der Waals surface area (Å²) in [5, 5.41) is 8.79. The van der Waals surface area contributed by atoms with Crippen LogP contribution >= 0.6 is 11.6 Å². The fraction of sp³-hybridized carbons (Fsp3) is 0. The molecule has 4 heteroatoms. The number of rotatable bonds is 1. The lowest BCUT2D eigenvalue weighted by atomic mass is 10.2. The molecule has 0 radical (unpaired) electrons. The van der Waals surface area contributed by atoms with Gasteiger partial charge in [0.25, 0.3) is 0 Å². The highest BCUT2D eigenvalue weighted by atomic mass is 35.5. The van der Waals surface area contributed by atoms with Crippen LogP contribution in [0, 0.1) is 5.82 Å². The topological polar surface area (TPSA) is 37.3 Å². The average Bonchev–Trinajstić information content (AvgIpc) is 1.97. The Labute approximate surface area is 67.2 Å². The average molecular weight is 175 g/mol. The van der Waals surface area contributed by atoms with Crippen LogP contribution in [-0.2, 0) is 0 Å². The Morgan fingerprint density at radius 3 is 2.73 bits per heavy atom. The van der Waals surface area contributed by atoms with E-state index in [4.69, 9.17) is 16.7 Å². The van der Waals surface area contributed by atoms with E-state index in [-0.39, 0.29) is 16.3 Å². The lowest BCUT2D eigenvalue weighted by Gasteiger charge is -1.97. The molecule has 0 aliphatic rings. The van der Waals surface area contributed by atoms with Crippen molar-refractivity contribution >= 4 is 17.9 Å². The third-order valence-corrected chi connectivity index (χ3v) is 1.50. The molecule has 0 saturated heterocycles. The van der Waals surface area contributed by atoms with Crippen LogP contribution in [0.15, 0.2) is 12.1 Å². The highest BCUT2D eigenvalue weighted by molar-refractivity contribution is 6.32. The van der Waals surface area contributed by atoms with E-state index >= 15 is 0 Å². The summed E-state index contributed by atoms with van der Waals surface area (Å²) in [7, 11) is 0. The van der Waals surface area contributed by atoms with E-state index in [9.17, 15) is 9.18 Å². The van der Waals surface area contributed by atoms with Crippen LogP contribution in [0.3, 0.4) is 0 Å². The first-order valence-electron chi connectivity index (χ1n) is 2.78. The van der Waals surface area contributed by atoms with E-state index < -0.39 is 5.82 Å². The molecular formula is C7H4ClFO2. The molecule has 0 aliphatic carbocycles. The molecule has 0 fully saturated rings. The van der Waals surface area contributed by atoms with Gasteiger partial charge in [-0.15, -0.1) is 0 Å². The molecule has 1 aromatic rings. The predicted octanol–water partition coefficient (Wildman–Crippen LogP) is 2.00. The number of carbonyl (C=O) groups excluding carboxylic acids is 1. The van der Waals surface area contributed by atoms with Crippen LogP contribution in [0.1, 0.15) is 10.4 Å². The Hall–Kier alpha value is -1.09. The second-order valence-corrected chi connectivity index (χ2v) is 2.35. The van der Waals surface area contributed by atoms with Crippen LogP contribution in [0.2, 0.25) is 5.02 Å². The van der Waals surface area contributed by atoms with Crippen LogP contribution in [0.4, 0.5) is 4.39 Å². The van der Waals surface area contributed by atoms with Crippen molar-refractivity contribution < 1.29 is 14.3 Å². The van der Waals surface area contributed by atoms with Gasteiger partial charge in [0.2, 0.25) is 0 Å². The van der Waals surface area contributed by atoms with Gasteiger partial charge in [-0.05, 0) is 12.1 Å². The molecular weight excluding hydrogens is 171 g/mol. The monoisotopic (exact) mass is 174 g/mol. The van der Waals surface area contributed by atoms with Crippen molar-refractivity contribution in [1.29, 1.82) is 0 Å². The van der Waals surface area contributed by atoms with Crippen LogP contribution in [0.25, 0.3) is 0 Å². The van der Waals surface area contributed by atoms with E-state index in [1.165, 1.54) is 0 Å². The van der Waals surface area contributed by atoms with E-state index in [0.717, 1.165) is 12.1 Å². The summed E-state index contributed by atoms with van der Waals surface area (Å²) in [4.78, 5) is 10.1. The molecule has 58 valence electrons.